The Labute approximate surface area is 248 Å². The van der Waals surface area contributed by atoms with Crippen molar-refractivity contribution in [1.29, 1.82) is 0 Å². The fraction of sp³-hybridized carbons (Fsp3) is 0.607. The summed E-state index contributed by atoms with van der Waals surface area (Å²) in [6, 6.07) is 6.00. The average molecular weight is 605 g/mol. The molecule has 3 aliphatic rings. The van der Waals surface area contributed by atoms with Crippen molar-refractivity contribution in [2.45, 2.75) is 50.3 Å². The van der Waals surface area contributed by atoms with Gasteiger partial charge in [0.05, 0.1) is 19.2 Å². The average Bonchev–Trinajstić information content (AvgIpc) is 3.72. The highest BCUT2D eigenvalue weighted by molar-refractivity contribution is 7.81. The smallest absolute Gasteiger partial charge is 0.305 e. The van der Waals surface area contributed by atoms with Crippen LogP contribution in [-0.4, -0.2) is 90.0 Å². The molecule has 4 rings (SSSR count). The number of nitrogens with zero attached hydrogens (tertiary/aromatic N) is 3. The van der Waals surface area contributed by atoms with Gasteiger partial charge in [0.1, 0.15) is 5.82 Å². The number of ketones is 1. The zero-order valence-electron chi connectivity index (χ0n) is 22.4. The number of hydrogen-bond donors (Lipinski definition) is 1. The first kappa shape index (κ1) is 33.6. The van der Waals surface area contributed by atoms with E-state index in [0.29, 0.717) is 64.3 Å². The summed E-state index contributed by atoms with van der Waals surface area (Å²) in [5.74, 6) is -0.340. The van der Waals surface area contributed by atoms with Crippen molar-refractivity contribution < 1.29 is 23.5 Å². The van der Waals surface area contributed by atoms with Gasteiger partial charge in [-0.25, -0.2) is 4.39 Å². The molecule has 2 heterocycles. The molecule has 1 aliphatic carbocycles. The van der Waals surface area contributed by atoms with Gasteiger partial charge in [0.15, 0.2) is 5.78 Å². The van der Waals surface area contributed by atoms with Gasteiger partial charge in [0.25, 0.3) is 0 Å². The first-order chi connectivity index (χ1) is 17.9. The minimum absolute atomic E-state index is 0. The van der Waals surface area contributed by atoms with Gasteiger partial charge in [-0.15, -0.1) is 24.8 Å². The number of benzene rings is 1. The van der Waals surface area contributed by atoms with E-state index in [0.717, 1.165) is 31.4 Å². The molecule has 0 bridgehead atoms. The zero-order valence-corrected chi connectivity index (χ0v) is 25.0. The van der Waals surface area contributed by atoms with Crippen molar-refractivity contribution in [3.05, 3.63) is 47.3 Å². The summed E-state index contributed by atoms with van der Waals surface area (Å²) in [7, 11) is 0. The van der Waals surface area contributed by atoms with Gasteiger partial charge >= 0.3 is 5.97 Å². The Bertz CT molecular complexity index is 1030. The Balaban J connectivity index is 0.00000267. The van der Waals surface area contributed by atoms with Crippen molar-refractivity contribution in [2.24, 2.45) is 5.92 Å². The number of amides is 1. The van der Waals surface area contributed by atoms with Gasteiger partial charge in [-0.05, 0) is 50.8 Å². The lowest BCUT2D eigenvalue weighted by atomic mass is 9.93. The van der Waals surface area contributed by atoms with Crippen molar-refractivity contribution in [1.82, 2.24) is 14.7 Å². The molecule has 0 radical (unpaired) electrons. The summed E-state index contributed by atoms with van der Waals surface area (Å²) in [5, 5.41) is 0.0489. The van der Waals surface area contributed by atoms with Crippen LogP contribution in [0.5, 0.6) is 0 Å². The Kier molecular flexibility index (Phi) is 13.7. The van der Waals surface area contributed by atoms with Crippen LogP contribution in [0.25, 0.3) is 0 Å². The summed E-state index contributed by atoms with van der Waals surface area (Å²) in [6.07, 6.45) is 5.64. The molecule has 2 atom stereocenters. The number of likely N-dealkylation sites (tertiary alicyclic amines) is 1. The van der Waals surface area contributed by atoms with Crippen LogP contribution in [-0.2, 0) is 19.1 Å². The second kappa shape index (κ2) is 16.0. The second-order valence-corrected chi connectivity index (χ2v) is 10.8. The van der Waals surface area contributed by atoms with Crippen LogP contribution >= 0.6 is 37.4 Å². The van der Waals surface area contributed by atoms with Crippen LogP contribution in [0.1, 0.15) is 50.6 Å². The number of carbonyl (C=O) groups is 3. The third kappa shape index (κ3) is 9.18. The number of carbonyl (C=O) groups excluding carboxylic acids is 3. The first-order valence-corrected chi connectivity index (χ1v) is 13.9. The molecule has 1 aromatic carbocycles. The maximum Gasteiger partial charge on any atom is 0.305 e. The van der Waals surface area contributed by atoms with Crippen LogP contribution in [0.3, 0.4) is 0 Å². The molecular weight excluding hydrogens is 564 g/mol. The summed E-state index contributed by atoms with van der Waals surface area (Å²) in [4.78, 5) is 43.6. The molecule has 2 aliphatic heterocycles. The lowest BCUT2D eigenvalue weighted by molar-refractivity contribution is -0.143. The van der Waals surface area contributed by atoms with E-state index in [9.17, 15) is 18.8 Å². The highest BCUT2D eigenvalue weighted by atomic mass is 35.5. The Morgan fingerprint density at radius 3 is 2.54 bits per heavy atom. The number of thiol groups is 1. The van der Waals surface area contributed by atoms with E-state index in [2.05, 4.69) is 15.9 Å². The Hall–Kier alpha value is -1.65. The van der Waals surface area contributed by atoms with Crippen LogP contribution in [0.2, 0.25) is 0 Å². The number of hydrogen-bond acceptors (Lipinski definition) is 7. The zero-order chi connectivity index (χ0) is 26.4. The second-order valence-electron chi connectivity index (χ2n) is 10.2. The normalized spacial score (nSPS) is 22.1. The molecule has 218 valence electrons. The number of esters is 1. The highest BCUT2D eigenvalue weighted by Gasteiger charge is 2.41. The van der Waals surface area contributed by atoms with E-state index in [1.807, 2.05) is 4.90 Å². The molecule has 2 saturated heterocycles. The van der Waals surface area contributed by atoms with Crippen LogP contribution < -0.4 is 0 Å². The lowest BCUT2D eigenvalue weighted by Crippen LogP contribution is -2.50. The van der Waals surface area contributed by atoms with E-state index in [4.69, 9.17) is 17.4 Å². The van der Waals surface area contributed by atoms with Gasteiger partial charge in [-0.3, -0.25) is 24.2 Å². The maximum absolute atomic E-state index is 14.8. The molecule has 0 N–H and O–H groups in total. The molecular formula is C28H40Cl2FN3O4S. The van der Waals surface area contributed by atoms with Crippen LogP contribution in [0.4, 0.5) is 4.39 Å². The maximum atomic E-state index is 14.8. The quantitative estimate of drug-likeness (QED) is 0.233. The monoisotopic (exact) mass is 603 g/mol. The summed E-state index contributed by atoms with van der Waals surface area (Å²) in [5.41, 5.74) is 1.52. The van der Waals surface area contributed by atoms with Gasteiger partial charge < -0.3 is 9.64 Å². The predicted octanol–water partition coefficient (Wildman–Crippen LogP) is 4.11. The first-order valence-electron chi connectivity index (χ1n) is 13.4. The SMILES string of the molecule is CCOC(=O)CCCN1CCN(C/C=C2\CN(C(C(=O)C3CC3)c3ccccc3F)CCC2S)C(=O)C1.Cl.Cl. The topological polar surface area (TPSA) is 70.2 Å². The molecule has 0 aromatic heterocycles. The van der Waals surface area contributed by atoms with E-state index >= 15 is 0 Å². The third-order valence-electron chi connectivity index (χ3n) is 7.45. The highest BCUT2D eigenvalue weighted by Crippen LogP contribution is 2.39. The largest absolute Gasteiger partial charge is 0.466 e. The summed E-state index contributed by atoms with van der Waals surface area (Å²) >= 11 is 4.78. The third-order valence-corrected chi connectivity index (χ3v) is 8.04. The van der Waals surface area contributed by atoms with Crippen LogP contribution in [0, 0.1) is 11.7 Å². The van der Waals surface area contributed by atoms with Crippen molar-refractivity contribution in [2.75, 3.05) is 52.4 Å². The van der Waals surface area contributed by atoms with Gasteiger partial charge in [0, 0.05) is 55.9 Å². The molecule has 1 amide bonds. The Morgan fingerprint density at radius 1 is 1.13 bits per heavy atom. The molecule has 11 heteroatoms. The van der Waals surface area contributed by atoms with Crippen LogP contribution in [0.15, 0.2) is 35.9 Å². The van der Waals surface area contributed by atoms with E-state index in [-0.39, 0.29) is 59.5 Å². The molecule has 39 heavy (non-hydrogen) atoms. The van der Waals surface area contributed by atoms with Gasteiger partial charge in [-0.1, -0.05) is 24.3 Å². The molecule has 1 aromatic rings. The van der Waals surface area contributed by atoms with E-state index in [1.54, 1.807) is 25.1 Å². The molecule has 1 saturated carbocycles. The molecule has 0 spiro atoms. The van der Waals surface area contributed by atoms with Crippen molar-refractivity contribution >= 4 is 55.1 Å². The molecule has 2 unspecified atom stereocenters. The van der Waals surface area contributed by atoms with Crippen molar-refractivity contribution in [3.8, 4) is 0 Å². The fourth-order valence-electron chi connectivity index (χ4n) is 5.18. The van der Waals surface area contributed by atoms with Gasteiger partial charge in [-0.2, -0.15) is 12.6 Å². The van der Waals surface area contributed by atoms with Crippen molar-refractivity contribution in [3.63, 3.8) is 0 Å². The summed E-state index contributed by atoms with van der Waals surface area (Å²) < 4.78 is 19.7. The lowest BCUT2D eigenvalue weighted by Gasteiger charge is -2.38. The number of halogens is 3. The number of piperazine rings is 1. The fourth-order valence-corrected chi connectivity index (χ4v) is 5.48. The van der Waals surface area contributed by atoms with E-state index in [1.165, 1.54) is 6.07 Å². The Morgan fingerprint density at radius 2 is 1.87 bits per heavy atom. The standard InChI is InChI=1S/C28H38FN3O4S.2ClH/c1-2-36-26(34)8-5-13-30-16-17-31(25(33)19-30)14-11-21-18-32(15-12-24(21)37)27(28(35)20-9-10-20)22-6-3-4-7-23(22)29;;/h3-4,6-7,11,20,24,27,37H,2,5,8-10,12-19H2,1H3;2*1H/b21-11+;;. The predicted molar refractivity (Wildman–Crippen MR) is 157 cm³/mol. The number of piperidine rings is 1. The molecule has 7 nitrogen and oxygen atoms in total. The molecule has 3 fully saturated rings. The number of ether oxygens (including phenoxy) is 1. The van der Waals surface area contributed by atoms with Gasteiger partial charge in [0.2, 0.25) is 5.91 Å². The number of rotatable bonds is 11. The minimum atomic E-state index is -0.585. The van der Waals surface area contributed by atoms with E-state index < -0.39 is 6.04 Å². The summed E-state index contributed by atoms with van der Waals surface area (Å²) in [6.45, 7) is 6.31. The number of Topliss-reactive ketones (excluding diaryl/α,β-unsaturated/α-hetero) is 1. The minimum Gasteiger partial charge on any atom is -0.466 e.